The molecule has 0 aliphatic heterocycles. The molecule has 2 unspecified atom stereocenters. The summed E-state index contributed by atoms with van der Waals surface area (Å²) in [5.41, 5.74) is 38.1. The molecule has 2 N–H and O–H groups in total. The summed E-state index contributed by atoms with van der Waals surface area (Å²) in [6.45, 7) is 0.478. The third-order valence-corrected chi connectivity index (χ3v) is 5.64. The third-order valence-electron chi connectivity index (χ3n) is 5.64. The molecule has 16 nitrogen and oxygen atoms in total. The molecular formula is C20H24N14O2. The van der Waals surface area contributed by atoms with Crippen LogP contribution in [0.2, 0.25) is 0 Å². The molecule has 0 aromatic rings. The zero-order valence-corrected chi connectivity index (χ0v) is 19.3. The van der Waals surface area contributed by atoms with Gasteiger partial charge in [0.15, 0.2) is 0 Å². The van der Waals surface area contributed by atoms with Crippen molar-refractivity contribution in [3.63, 3.8) is 0 Å². The molecule has 0 heterocycles. The quantitative estimate of drug-likeness (QED) is 0.125. The lowest BCUT2D eigenvalue weighted by atomic mass is 9.86. The van der Waals surface area contributed by atoms with E-state index in [-0.39, 0.29) is 30.8 Å². The Balaban J connectivity index is 2.48. The zero-order chi connectivity index (χ0) is 26.4. The molecule has 0 radical (unpaired) electrons. The van der Waals surface area contributed by atoms with Gasteiger partial charge in [0.05, 0.1) is 0 Å². The van der Waals surface area contributed by atoms with Crippen molar-refractivity contribution in [1.82, 2.24) is 4.90 Å². The third kappa shape index (κ3) is 6.45. The van der Waals surface area contributed by atoms with Crippen LogP contribution in [0, 0.1) is 0 Å². The van der Waals surface area contributed by atoms with Gasteiger partial charge in [-0.2, -0.15) is 0 Å². The summed E-state index contributed by atoms with van der Waals surface area (Å²) >= 11 is 0. The second kappa shape index (κ2) is 13.3. The number of carbonyl (C=O) groups excluding carboxylic acids is 2. The Kier molecular flexibility index (Phi) is 10.1. The summed E-state index contributed by atoms with van der Waals surface area (Å²) in [6.07, 6.45) is 10.4. The van der Waals surface area contributed by atoms with Gasteiger partial charge in [-0.3, -0.25) is 14.5 Å². The number of unbranched alkanes of at least 4 members (excludes halogenated alkanes) is 3. The highest BCUT2D eigenvalue weighted by Crippen LogP contribution is 2.33. The van der Waals surface area contributed by atoms with Gasteiger partial charge < -0.3 is 5.73 Å². The smallest absolute Gasteiger partial charge is 0.245 e. The zero-order valence-electron chi connectivity index (χ0n) is 19.3. The average Bonchev–Trinajstić information content (AvgIpc) is 2.88. The van der Waals surface area contributed by atoms with Gasteiger partial charge in [0.1, 0.15) is 11.1 Å². The average molecular weight is 493 g/mol. The van der Waals surface area contributed by atoms with E-state index in [1.165, 1.54) is 36.5 Å². The van der Waals surface area contributed by atoms with Crippen LogP contribution < -0.4 is 5.73 Å². The van der Waals surface area contributed by atoms with Gasteiger partial charge in [0.25, 0.3) is 0 Å². The second-order valence-electron chi connectivity index (χ2n) is 7.90. The number of imide groups is 1. The van der Waals surface area contributed by atoms with Crippen molar-refractivity contribution in [2.45, 2.75) is 49.6 Å². The van der Waals surface area contributed by atoms with Gasteiger partial charge in [-0.15, -0.1) is 0 Å². The Labute approximate surface area is 205 Å². The summed E-state index contributed by atoms with van der Waals surface area (Å²) in [7, 11) is 0. The first-order valence-electron chi connectivity index (χ1n) is 11.0. The van der Waals surface area contributed by atoms with Crippen molar-refractivity contribution < 1.29 is 9.59 Å². The first-order chi connectivity index (χ1) is 17.4. The second-order valence-corrected chi connectivity index (χ2v) is 7.90. The van der Waals surface area contributed by atoms with Crippen molar-refractivity contribution in [2.75, 3.05) is 13.1 Å². The monoisotopic (exact) mass is 492 g/mol. The Morgan fingerprint density at radius 1 is 0.806 bits per heavy atom. The van der Waals surface area contributed by atoms with Gasteiger partial charge in [0.2, 0.25) is 11.8 Å². The molecule has 2 amide bonds. The molecule has 0 spiro atoms. The summed E-state index contributed by atoms with van der Waals surface area (Å²) in [6, 6.07) is 0. The van der Waals surface area contributed by atoms with E-state index in [4.69, 9.17) is 16.8 Å². The van der Waals surface area contributed by atoms with Gasteiger partial charge >= 0.3 is 0 Å². The number of nitrogens with two attached hydrogens (primary N) is 1. The van der Waals surface area contributed by atoms with E-state index in [0.717, 1.165) is 17.7 Å². The Morgan fingerprint density at radius 2 is 1.28 bits per heavy atom. The normalized spacial score (nSPS) is 21.9. The molecule has 36 heavy (non-hydrogen) atoms. The number of allylic oxidation sites excluding steroid dienone is 2. The largest absolute Gasteiger partial charge is 0.330 e. The van der Waals surface area contributed by atoms with Crippen LogP contribution in [-0.2, 0) is 9.59 Å². The van der Waals surface area contributed by atoms with E-state index in [0.29, 0.717) is 19.4 Å². The maximum Gasteiger partial charge on any atom is 0.245 e. The SMILES string of the molecule is [N-]=[N+]=NC1=CCC(N=[N+]=[N-])(C(=O)N(CCCCCCN)C(=O)C2(N=[N+]=[N-])C=CC(N=[N+]=[N-])=CC2)C=C1. The fourth-order valence-electron chi connectivity index (χ4n) is 3.73. The molecule has 2 aliphatic rings. The van der Waals surface area contributed by atoms with Gasteiger partial charge in [-0.25, -0.2) is 0 Å². The van der Waals surface area contributed by atoms with Crippen LogP contribution in [0.1, 0.15) is 38.5 Å². The summed E-state index contributed by atoms with van der Waals surface area (Å²) in [5, 5.41) is 14.3. The minimum atomic E-state index is -1.79. The molecule has 0 fully saturated rings. The molecular weight excluding hydrogens is 468 g/mol. The fourth-order valence-corrected chi connectivity index (χ4v) is 3.73. The van der Waals surface area contributed by atoms with Crippen molar-refractivity contribution in [3.05, 3.63) is 89.6 Å². The van der Waals surface area contributed by atoms with Crippen LogP contribution in [0.15, 0.2) is 68.3 Å². The highest BCUT2D eigenvalue weighted by molar-refractivity contribution is 6.06. The number of rotatable bonds is 12. The summed E-state index contributed by atoms with van der Waals surface area (Å²) in [4.78, 5) is 39.5. The number of azide groups is 4. The highest BCUT2D eigenvalue weighted by atomic mass is 16.2. The molecule has 0 saturated heterocycles. The first-order valence-corrected chi connectivity index (χ1v) is 11.0. The Morgan fingerprint density at radius 3 is 1.64 bits per heavy atom. The Bertz CT molecular complexity index is 1110. The van der Waals surface area contributed by atoms with Crippen LogP contribution >= 0.6 is 0 Å². The molecule has 0 saturated carbocycles. The van der Waals surface area contributed by atoms with Crippen molar-refractivity contribution in [2.24, 2.45) is 26.2 Å². The number of hydrogen-bond donors (Lipinski definition) is 1. The predicted molar refractivity (Wildman–Crippen MR) is 130 cm³/mol. The van der Waals surface area contributed by atoms with Crippen LogP contribution in [0.25, 0.3) is 41.8 Å². The molecule has 2 rings (SSSR count). The van der Waals surface area contributed by atoms with Crippen LogP contribution in [0.5, 0.6) is 0 Å². The van der Waals surface area contributed by atoms with E-state index in [1.54, 1.807) is 0 Å². The van der Waals surface area contributed by atoms with Gasteiger partial charge in [0, 0.05) is 37.6 Å². The molecule has 0 aromatic carbocycles. The van der Waals surface area contributed by atoms with Crippen molar-refractivity contribution in [3.8, 4) is 0 Å². The maximum absolute atomic E-state index is 13.8. The van der Waals surface area contributed by atoms with E-state index in [2.05, 4.69) is 40.1 Å². The highest BCUT2D eigenvalue weighted by Gasteiger charge is 2.46. The van der Waals surface area contributed by atoms with Crippen molar-refractivity contribution in [1.29, 1.82) is 0 Å². The Hall–Kier alpha value is -4.70. The lowest BCUT2D eigenvalue weighted by Gasteiger charge is -2.36. The lowest BCUT2D eigenvalue weighted by molar-refractivity contribution is -0.149. The molecule has 0 aromatic heterocycles. The van der Waals surface area contributed by atoms with E-state index >= 15 is 0 Å². The lowest BCUT2D eigenvalue weighted by Crippen LogP contribution is -2.55. The summed E-state index contributed by atoms with van der Waals surface area (Å²) in [5.74, 6) is -1.63. The van der Waals surface area contributed by atoms with Crippen LogP contribution in [-0.4, -0.2) is 40.9 Å². The molecule has 186 valence electrons. The minimum Gasteiger partial charge on any atom is -0.330 e. The van der Waals surface area contributed by atoms with Crippen molar-refractivity contribution >= 4 is 11.8 Å². The van der Waals surface area contributed by atoms with E-state index in [9.17, 15) is 20.7 Å². The van der Waals surface area contributed by atoms with Gasteiger partial charge in [-0.05, 0) is 54.4 Å². The molecule has 0 bridgehead atoms. The predicted octanol–water partition coefficient (Wildman–Crippen LogP) is 5.27. The number of nitrogens with zero attached hydrogens (tertiary/aromatic N) is 13. The maximum atomic E-state index is 13.8. The first kappa shape index (κ1) is 27.5. The standard InChI is InChI=1S/C20H24N14O2/c21-13-3-1-2-4-14-34(17(35)19(28-32-24)9-5-15(6-10-19)26-30-22)18(36)20(29-33-25)11-7-16(8-12-20)27-31-23/h5-9,11H,1-4,10,12-14,21H2. The van der Waals surface area contributed by atoms with Crippen LogP contribution in [0.3, 0.4) is 0 Å². The van der Waals surface area contributed by atoms with E-state index in [1.807, 2.05) is 0 Å². The topological polar surface area (TPSA) is 258 Å². The molecule has 16 heteroatoms. The van der Waals surface area contributed by atoms with E-state index < -0.39 is 22.9 Å². The fraction of sp³-hybridized carbons (Fsp3) is 0.500. The minimum absolute atomic E-state index is 0.0326. The van der Waals surface area contributed by atoms with Gasteiger partial charge in [-0.1, -0.05) is 69.8 Å². The molecule has 2 atom stereocenters. The number of amides is 2. The number of hydrogen-bond acceptors (Lipinski definition) is 7. The molecule has 2 aliphatic carbocycles. The summed E-state index contributed by atoms with van der Waals surface area (Å²) < 4.78 is 0. The van der Waals surface area contributed by atoms with Crippen LogP contribution in [0.4, 0.5) is 0 Å². The number of carbonyl (C=O) groups is 2.